The first-order valence-corrected chi connectivity index (χ1v) is 6.87. The summed E-state index contributed by atoms with van der Waals surface area (Å²) in [5, 5.41) is 3.54. The van der Waals surface area contributed by atoms with E-state index in [0.29, 0.717) is 0 Å². The maximum absolute atomic E-state index is 4.25. The van der Waals surface area contributed by atoms with Crippen LogP contribution in [0, 0.1) is 0 Å². The van der Waals surface area contributed by atoms with Gasteiger partial charge in [-0.15, -0.1) is 0 Å². The minimum atomic E-state index is 0.743. The number of nitrogens with zero attached hydrogens (tertiary/aromatic N) is 3. The van der Waals surface area contributed by atoms with Crippen LogP contribution in [-0.4, -0.2) is 40.6 Å². The highest BCUT2D eigenvalue weighted by Gasteiger charge is 2.24. The summed E-state index contributed by atoms with van der Waals surface area (Å²) in [6, 6.07) is 0.743. The third-order valence-corrected chi connectivity index (χ3v) is 3.80. The number of aromatic nitrogens is 2. The van der Waals surface area contributed by atoms with E-state index in [1.165, 1.54) is 51.0 Å². The van der Waals surface area contributed by atoms with Gasteiger partial charge < -0.3 is 14.8 Å². The molecule has 17 heavy (non-hydrogen) atoms. The lowest BCUT2D eigenvalue weighted by atomic mass is 10.4. The standard InChI is InChI=1S/C13H22N4/c1-2-7-16(6-1)8-5-14-9-13-10-15-11-17(13)12-3-4-12/h10-12,14H,1-9H2. The molecule has 0 aromatic carbocycles. The molecular formula is C13H22N4. The topological polar surface area (TPSA) is 33.1 Å². The SMILES string of the molecule is c1ncn(C2CC2)c1CNCCN1CCCC1. The van der Waals surface area contributed by atoms with E-state index in [4.69, 9.17) is 0 Å². The molecule has 94 valence electrons. The van der Waals surface area contributed by atoms with E-state index in [1.807, 2.05) is 12.5 Å². The normalized spacial score (nSPS) is 21.2. The van der Waals surface area contributed by atoms with Crippen molar-refractivity contribution >= 4 is 0 Å². The number of nitrogens with one attached hydrogen (secondary N) is 1. The Hall–Kier alpha value is -0.870. The van der Waals surface area contributed by atoms with Crippen LogP contribution < -0.4 is 5.32 Å². The molecule has 4 heteroatoms. The molecule has 1 N–H and O–H groups in total. The molecule has 0 amide bonds. The predicted molar refractivity (Wildman–Crippen MR) is 67.9 cm³/mol. The molecule has 2 fully saturated rings. The average molecular weight is 234 g/mol. The maximum Gasteiger partial charge on any atom is 0.0951 e. The molecule has 1 aromatic rings. The lowest BCUT2D eigenvalue weighted by Crippen LogP contribution is -2.30. The molecule has 4 nitrogen and oxygen atoms in total. The molecule has 1 aromatic heterocycles. The Labute approximate surface area is 103 Å². The van der Waals surface area contributed by atoms with Crippen molar-refractivity contribution in [1.82, 2.24) is 19.8 Å². The Kier molecular flexibility index (Phi) is 3.43. The fourth-order valence-corrected chi connectivity index (χ4v) is 2.61. The van der Waals surface area contributed by atoms with Crippen LogP contribution in [0.4, 0.5) is 0 Å². The first kappa shape index (κ1) is 11.2. The quantitative estimate of drug-likeness (QED) is 0.755. The molecule has 1 saturated heterocycles. The van der Waals surface area contributed by atoms with E-state index in [9.17, 15) is 0 Å². The van der Waals surface area contributed by atoms with E-state index >= 15 is 0 Å². The predicted octanol–water partition coefficient (Wildman–Crippen LogP) is 1.40. The summed E-state index contributed by atoms with van der Waals surface area (Å²) in [7, 11) is 0. The van der Waals surface area contributed by atoms with Gasteiger partial charge in [-0.05, 0) is 38.8 Å². The van der Waals surface area contributed by atoms with Gasteiger partial charge in [0.05, 0.1) is 12.0 Å². The van der Waals surface area contributed by atoms with Crippen LogP contribution in [0.1, 0.15) is 37.4 Å². The van der Waals surface area contributed by atoms with Gasteiger partial charge in [0.15, 0.2) is 0 Å². The monoisotopic (exact) mass is 234 g/mol. The van der Waals surface area contributed by atoms with Crippen molar-refractivity contribution in [3.05, 3.63) is 18.2 Å². The van der Waals surface area contributed by atoms with Crippen LogP contribution >= 0.6 is 0 Å². The van der Waals surface area contributed by atoms with Crippen molar-refractivity contribution in [1.29, 1.82) is 0 Å². The van der Waals surface area contributed by atoms with Crippen molar-refractivity contribution in [2.24, 2.45) is 0 Å². The lowest BCUT2D eigenvalue weighted by molar-refractivity contribution is 0.335. The van der Waals surface area contributed by atoms with Crippen molar-refractivity contribution in [3.8, 4) is 0 Å². The molecule has 0 radical (unpaired) electrons. The molecular weight excluding hydrogens is 212 g/mol. The summed E-state index contributed by atoms with van der Waals surface area (Å²) in [6.07, 6.45) is 9.41. The van der Waals surface area contributed by atoms with E-state index in [0.717, 1.165) is 19.1 Å². The van der Waals surface area contributed by atoms with Crippen LogP contribution in [0.15, 0.2) is 12.5 Å². The number of rotatable bonds is 6. The van der Waals surface area contributed by atoms with Gasteiger partial charge in [0, 0.05) is 31.9 Å². The zero-order chi connectivity index (χ0) is 11.5. The molecule has 2 heterocycles. The van der Waals surface area contributed by atoms with Crippen LogP contribution in [0.25, 0.3) is 0 Å². The number of likely N-dealkylation sites (tertiary alicyclic amines) is 1. The highest BCUT2D eigenvalue weighted by molar-refractivity contribution is 5.03. The van der Waals surface area contributed by atoms with E-state index in [-0.39, 0.29) is 0 Å². The molecule has 1 aliphatic heterocycles. The molecule has 0 atom stereocenters. The van der Waals surface area contributed by atoms with Crippen molar-refractivity contribution in [2.45, 2.75) is 38.3 Å². The number of imidazole rings is 1. The van der Waals surface area contributed by atoms with Crippen LogP contribution in [0.5, 0.6) is 0 Å². The van der Waals surface area contributed by atoms with Crippen molar-refractivity contribution < 1.29 is 0 Å². The van der Waals surface area contributed by atoms with Crippen LogP contribution in [-0.2, 0) is 6.54 Å². The Bertz CT molecular complexity index is 350. The Morgan fingerprint density at radius 1 is 1.29 bits per heavy atom. The maximum atomic E-state index is 4.25. The van der Waals surface area contributed by atoms with E-state index < -0.39 is 0 Å². The van der Waals surface area contributed by atoms with Gasteiger partial charge in [0.2, 0.25) is 0 Å². The third kappa shape index (κ3) is 2.87. The molecule has 1 saturated carbocycles. The molecule has 0 spiro atoms. The smallest absolute Gasteiger partial charge is 0.0951 e. The van der Waals surface area contributed by atoms with Crippen molar-refractivity contribution in [3.63, 3.8) is 0 Å². The minimum Gasteiger partial charge on any atom is -0.330 e. The summed E-state index contributed by atoms with van der Waals surface area (Å²) in [5.41, 5.74) is 1.34. The third-order valence-electron chi connectivity index (χ3n) is 3.80. The first-order chi connectivity index (χ1) is 8.43. The summed E-state index contributed by atoms with van der Waals surface area (Å²) < 4.78 is 2.34. The van der Waals surface area contributed by atoms with Gasteiger partial charge in [0.25, 0.3) is 0 Å². The molecule has 1 aliphatic carbocycles. The zero-order valence-electron chi connectivity index (χ0n) is 10.4. The Balaban J connectivity index is 1.39. The van der Waals surface area contributed by atoms with Crippen LogP contribution in [0.3, 0.4) is 0 Å². The number of hydrogen-bond acceptors (Lipinski definition) is 3. The lowest BCUT2D eigenvalue weighted by Gasteiger charge is -2.15. The van der Waals surface area contributed by atoms with Gasteiger partial charge in [0.1, 0.15) is 0 Å². The van der Waals surface area contributed by atoms with Gasteiger partial charge >= 0.3 is 0 Å². The second-order valence-corrected chi connectivity index (χ2v) is 5.25. The van der Waals surface area contributed by atoms with Gasteiger partial charge in [-0.2, -0.15) is 0 Å². The second kappa shape index (κ2) is 5.19. The summed E-state index contributed by atoms with van der Waals surface area (Å²) in [4.78, 5) is 6.80. The van der Waals surface area contributed by atoms with Gasteiger partial charge in [-0.25, -0.2) is 4.98 Å². The average Bonchev–Trinajstić information content (AvgIpc) is 2.89. The van der Waals surface area contributed by atoms with E-state index in [2.05, 4.69) is 19.8 Å². The van der Waals surface area contributed by atoms with Gasteiger partial charge in [-0.1, -0.05) is 0 Å². The fraction of sp³-hybridized carbons (Fsp3) is 0.769. The summed E-state index contributed by atoms with van der Waals surface area (Å²) in [6.45, 7) is 5.83. The second-order valence-electron chi connectivity index (χ2n) is 5.25. The summed E-state index contributed by atoms with van der Waals surface area (Å²) in [5.74, 6) is 0. The first-order valence-electron chi connectivity index (χ1n) is 6.87. The number of hydrogen-bond donors (Lipinski definition) is 1. The van der Waals surface area contributed by atoms with Crippen LogP contribution in [0.2, 0.25) is 0 Å². The fourth-order valence-electron chi connectivity index (χ4n) is 2.61. The highest BCUT2D eigenvalue weighted by Crippen LogP contribution is 2.35. The Morgan fingerprint density at radius 2 is 2.12 bits per heavy atom. The molecule has 3 rings (SSSR count). The summed E-state index contributed by atoms with van der Waals surface area (Å²) >= 11 is 0. The van der Waals surface area contributed by atoms with Crippen molar-refractivity contribution in [2.75, 3.05) is 26.2 Å². The molecule has 0 bridgehead atoms. The highest BCUT2D eigenvalue weighted by atomic mass is 15.2. The molecule has 2 aliphatic rings. The molecule has 0 unspecified atom stereocenters. The van der Waals surface area contributed by atoms with Gasteiger partial charge in [-0.3, -0.25) is 0 Å². The zero-order valence-corrected chi connectivity index (χ0v) is 10.4. The minimum absolute atomic E-state index is 0.743. The largest absolute Gasteiger partial charge is 0.330 e. The van der Waals surface area contributed by atoms with E-state index in [1.54, 1.807) is 0 Å². The Morgan fingerprint density at radius 3 is 2.88 bits per heavy atom.